The lowest BCUT2D eigenvalue weighted by molar-refractivity contribution is -0.125. The molecule has 1 unspecified atom stereocenters. The average Bonchev–Trinajstić information content (AvgIpc) is 2.48. The van der Waals surface area contributed by atoms with Crippen LogP contribution in [0.15, 0.2) is 30.3 Å². The SMILES string of the molecule is CCN(CC)CCNC(CC)(C(N)=O)c1ccccc1. The second kappa shape index (κ2) is 8.02. The highest BCUT2D eigenvalue weighted by molar-refractivity contribution is 5.86. The summed E-state index contributed by atoms with van der Waals surface area (Å²) in [6.07, 6.45) is 0.643. The fraction of sp³-hybridized carbons (Fsp3) is 0.562. The Morgan fingerprint density at radius 3 is 2.25 bits per heavy atom. The number of hydrogen-bond donors (Lipinski definition) is 2. The smallest absolute Gasteiger partial charge is 0.242 e. The third-order valence-corrected chi connectivity index (χ3v) is 3.97. The van der Waals surface area contributed by atoms with Crippen LogP contribution in [0.5, 0.6) is 0 Å². The molecule has 1 atom stereocenters. The highest BCUT2D eigenvalue weighted by Gasteiger charge is 2.35. The molecule has 0 saturated heterocycles. The molecule has 1 rings (SSSR count). The van der Waals surface area contributed by atoms with Gasteiger partial charge in [0.25, 0.3) is 0 Å². The van der Waals surface area contributed by atoms with Crippen LogP contribution in [0, 0.1) is 0 Å². The van der Waals surface area contributed by atoms with Gasteiger partial charge in [-0.15, -0.1) is 0 Å². The molecular formula is C16H27N3O. The van der Waals surface area contributed by atoms with Gasteiger partial charge < -0.3 is 10.6 Å². The normalized spacial score (nSPS) is 14.2. The molecule has 0 spiro atoms. The maximum absolute atomic E-state index is 12.0. The number of nitrogens with two attached hydrogens (primary N) is 1. The Morgan fingerprint density at radius 2 is 1.80 bits per heavy atom. The maximum atomic E-state index is 12.0. The number of nitrogens with one attached hydrogen (secondary N) is 1. The van der Waals surface area contributed by atoms with Crippen molar-refractivity contribution in [3.8, 4) is 0 Å². The number of hydrogen-bond acceptors (Lipinski definition) is 3. The molecule has 0 aliphatic rings. The Labute approximate surface area is 122 Å². The Balaban J connectivity index is 2.83. The molecule has 0 aromatic heterocycles. The molecule has 3 N–H and O–H groups in total. The summed E-state index contributed by atoms with van der Waals surface area (Å²) in [4.78, 5) is 14.3. The van der Waals surface area contributed by atoms with E-state index in [4.69, 9.17) is 5.73 Å². The summed E-state index contributed by atoms with van der Waals surface area (Å²) in [7, 11) is 0. The zero-order chi connectivity index (χ0) is 15.0. The van der Waals surface area contributed by atoms with E-state index in [9.17, 15) is 4.79 Å². The topological polar surface area (TPSA) is 58.4 Å². The molecule has 0 saturated carbocycles. The van der Waals surface area contributed by atoms with E-state index in [0.29, 0.717) is 6.42 Å². The lowest BCUT2D eigenvalue weighted by atomic mass is 9.86. The largest absolute Gasteiger partial charge is 0.368 e. The first kappa shape index (κ1) is 16.7. The lowest BCUT2D eigenvalue weighted by Crippen LogP contribution is -2.54. The number of likely N-dealkylation sites (N-methyl/N-ethyl adjacent to an activating group) is 1. The summed E-state index contributed by atoms with van der Waals surface area (Å²) < 4.78 is 0. The fourth-order valence-corrected chi connectivity index (χ4v) is 2.52. The molecule has 0 fully saturated rings. The van der Waals surface area contributed by atoms with E-state index in [2.05, 4.69) is 24.1 Å². The van der Waals surface area contributed by atoms with Gasteiger partial charge in [-0.2, -0.15) is 0 Å². The first-order valence-electron chi connectivity index (χ1n) is 7.43. The second-order valence-corrected chi connectivity index (χ2v) is 4.94. The number of amides is 1. The molecule has 0 heterocycles. The van der Waals surface area contributed by atoms with E-state index < -0.39 is 5.54 Å². The van der Waals surface area contributed by atoms with Crippen LogP contribution in [0.2, 0.25) is 0 Å². The Bertz CT molecular complexity index is 403. The molecular weight excluding hydrogens is 250 g/mol. The van der Waals surface area contributed by atoms with E-state index in [0.717, 1.165) is 31.7 Å². The fourth-order valence-electron chi connectivity index (χ4n) is 2.52. The van der Waals surface area contributed by atoms with Crippen LogP contribution in [0.4, 0.5) is 0 Å². The van der Waals surface area contributed by atoms with Crippen LogP contribution in [0.1, 0.15) is 32.8 Å². The number of benzene rings is 1. The minimum Gasteiger partial charge on any atom is -0.368 e. The van der Waals surface area contributed by atoms with Crippen LogP contribution < -0.4 is 11.1 Å². The van der Waals surface area contributed by atoms with Gasteiger partial charge in [0.2, 0.25) is 5.91 Å². The number of carbonyl (C=O) groups excluding carboxylic acids is 1. The summed E-state index contributed by atoms with van der Waals surface area (Å²) in [6, 6.07) is 9.74. The van der Waals surface area contributed by atoms with Crippen molar-refractivity contribution in [1.29, 1.82) is 0 Å². The third-order valence-electron chi connectivity index (χ3n) is 3.97. The standard InChI is InChI=1S/C16H27N3O/c1-4-16(15(17)20,14-10-8-7-9-11-14)18-12-13-19(5-2)6-3/h7-11,18H,4-6,12-13H2,1-3H3,(H2,17,20). The quantitative estimate of drug-likeness (QED) is 0.722. The van der Waals surface area contributed by atoms with Gasteiger partial charge in [-0.3, -0.25) is 10.1 Å². The molecule has 4 heteroatoms. The Morgan fingerprint density at radius 1 is 1.20 bits per heavy atom. The van der Waals surface area contributed by atoms with Gasteiger partial charge in [0, 0.05) is 13.1 Å². The van der Waals surface area contributed by atoms with Crippen molar-refractivity contribution >= 4 is 5.91 Å². The molecule has 20 heavy (non-hydrogen) atoms. The van der Waals surface area contributed by atoms with Gasteiger partial charge in [0.15, 0.2) is 0 Å². The predicted molar refractivity (Wildman–Crippen MR) is 83.4 cm³/mol. The van der Waals surface area contributed by atoms with Crippen molar-refractivity contribution in [2.45, 2.75) is 32.7 Å². The Hall–Kier alpha value is -1.39. The zero-order valence-electron chi connectivity index (χ0n) is 12.9. The summed E-state index contributed by atoms with van der Waals surface area (Å²) >= 11 is 0. The molecule has 0 aliphatic carbocycles. The lowest BCUT2D eigenvalue weighted by Gasteiger charge is -2.32. The highest BCUT2D eigenvalue weighted by atomic mass is 16.1. The molecule has 1 amide bonds. The van der Waals surface area contributed by atoms with E-state index >= 15 is 0 Å². The summed E-state index contributed by atoms with van der Waals surface area (Å²) in [5.41, 5.74) is 5.85. The van der Waals surface area contributed by atoms with Crippen molar-refractivity contribution in [3.05, 3.63) is 35.9 Å². The van der Waals surface area contributed by atoms with E-state index in [1.54, 1.807) is 0 Å². The van der Waals surface area contributed by atoms with Crippen molar-refractivity contribution in [2.24, 2.45) is 5.73 Å². The van der Waals surface area contributed by atoms with E-state index in [1.165, 1.54) is 0 Å². The van der Waals surface area contributed by atoms with Gasteiger partial charge in [-0.25, -0.2) is 0 Å². The average molecular weight is 277 g/mol. The van der Waals surface area contributed by atoms with Gasteiger partial charge in [-0.05, 0) is 25.1 Å². The van der Waals surface area contributed by atoms with Crippen LogP contribution in [0.25, 0.3) is 0 Å². The molecule has 1 aromatic carbocycles. The van der Waals surface area contributed by atoms with Crippen LogP contribution >= 0.6 is 0 Å². The summed E-state index contributed by atoms with van der Waals surface area (Å²) in [6.45, 7) is 9.95. The monoisotopic (exact) mass is 277 g/mol. The number of primary amides is 1. The van der Waals surface area contributed by atoms with Crippen LogP contribution in [-0.2, 0) is 10.3 Å². The highest BCUT2D eigenvalue weighted by Crippen LogP contribution is 2.24. The predicted octanol–water partition coefficient (Wildman–Crippen LogP) is 1.71. The van der Waals surface area contributed by atoms with Gasteiger partial charge in [0.1, 0.15) is 5.54 Å². The maximum Gasteiger partial charge on any atom is 0.242 e. The van der Waals surface area contributed by atoms with Crippen LogP contribution in [0.3, 0.4) is 0 Å². The van der Waals surface area contributed by atoms with E-state index in [1.807, 2.05) is 37.3 Å². The molecule has 0 aliphatic heterocycles. The van der Waals surface area contributed by atoms with Gasteiger partial charge >= 0.3 is 0 Å². The van der Waals surface area contributed by atoms with Gasteiger partial charge in [-0.1, -0.05) is 51.1 Å². The van der Waals surface area contributed by atoms with Crippen molar-refractivity contribution < 1.29 is 4.79 Å². The molecule has 4 nitrogen and oxygen atoms in total. The minimum atomic E-state index is -0.769. The van der Waals surface area contributed by atoms with Crippen molar-refractivity contribution in [2.75, 3.05) is 26.2 Å². The molecule has 0 radical (unpaired) electrons. The van der Waals surface area contributed by atoms with Crippen LogP contribution in [-0.4, -0.2) is 37.0 Å². The minimum absolute atomic E-state index is 0.314. The molecule has 0 bridgehead atoms. The second-order valence-electron chi connectivity index (χ2n) is 4.94. The number of nitrogens with zero attached hydrogens (tertiary/aromatic N) is 1. The number of carbonyl (C=O) groups is 1. The molecule has 1 aromatic rings. The van der Waals surface area contributed by atoms with Crippen molar-refractivity contribution in [3.63, 3.8) is 0 Å². The van der Waals surface area contributed by atoms with Gasteiger partial charge in [0.05, 0.1) is 0 Å². The zero-order valence-corrected chi connectivity index (χ0v) is 12.9. The first-order valence-corrected chi connectivity index (χ1v) is 7.43. The Kier molecular flexibility index (Phi) is 6.68. The molecule has 112 valence electrons. The third kappa shape index (κ3) is 3.81. The number of rotatable bonds is 9. The van der Waals surface area contributed by atoms with E-state index in [-0.39, 0.29) is 5.91 Å². The van der Waals surface area contributed by atoms with Crippen molar-refractivity contribution in [1.82, 2.24) is 10.2 Å². The summed E-state index contributed by atoms with van der Waals surface area (Å²) in [5.74, 6) is -0.314. The summed E-state index contributed by atoms with van der Waals surface area (Å²) in [5, 5.41) is 3.38. The first-order chi connectivity index (χ1) is 9.60.